The maximum absolute atomic E-state index is 13.4. The first-order valence-corrected chi connectivity index (χ1v) is 11.1. The number of aromatic nitrogens is 3. The van der Waals surface area contributed by atoms with Gasteiger partial charge in [-0.05, 0) is 48.7 Å². The van der Waals surface area contributed by atoms with Gasteiger partial charge in [-0.3, -0.25) is 4.79 Å². The molecule has 1 fully saturated rings. The molecule has 0 saturated carbocycles. The predicted molar refractivity (Wildman–Crippen MR) is 123 cm³/mol. The minimum atomic E-state index is -0.329. The normalized spacial score (nSPS) is 16.2. The Kier molecular flexibility index (Phi) is 5.92. The molecule has 1 aliphatic heterocycles. The highest BCUT2D eigenvalue weighted by Gasteiger charge is 2.29. The summed E-state index contributed by atoms with van der Waals surface area (Å²) in [5.41, 5.74) is 2.49. The van der Waals surface area contributed by atoms with Crippen molar-refractivity contribution in [3.63, 3.8) is 0 Å². The largest absolute Gasteiger partial charge is 0.355 e. The topological polar surface area (TPSA) is 84.2 Å². The number of amides is 1. The number of rotatable bonds is 5. The van der Waals surface area contributed by atoms with Gasteiger partial charge >= 0.3 is 0 Å². The Hall–Kier alpha value is -3.52. The maximum atomic E-state index is 13.4. The number of hydrogen-bond acceptors (Lipinski definition) is 6. The van der Waals surface area contributed by atoms with Gasteiger partial charge in [0.25, 0.3) is 5.71 Å². The van der Waals surface area contributed by atoms with E-state index in [9.17, 15) is 9.18 Å². The zero-order chi connectivity index (χ0) is 22.8. The van der Waals surface area contributed by atoms with Crippen molar-refractivity contribution in [3.05, 3.63) is 71.3 Å². The lowest BCUT2D eigenvalue weighted by Gasteiger charge is -2.33. The minimum absolute atomic E-state index is 0.0194. The van der Waals surface area contributed by atoms with E-state index >= 15 is 0 Å². The summed E-state index contributed by atoms with van der Waals surface area (Å²) in [6.07, 6.45) is 3.05. The van der Waals surface area contributed by atoms with Crippen LogP contribution in [-0.2, 0) is 11.3 Å². The molecule has 5 rings (SSSR count). The summed E-state index contributed by atoms with van der Waals surface area (Å²) in [6, 6.07) is 13.5. The predicted octanol–water partition coefficient (Wildman–Crippen LogP) is 4.61. The zero-order valence-electron chi connectivity index (χ0n) is 17.7. The minimum Gasteiger partial charge on any atom is -0.355 e. The van der Waals surface area contributed by atoms with E-state index in [2.05, 4.69) is 25.3 Å². The van der Waals surface area contributed by atoms with Crippen molar-refractivity contribution in [2.75, 3.05) is 18.0 Å². The molecule has 168 valence electrons. The van der Waals surface area contributed by atoms with Crippen LogP contribution in [0.1, 0.15) is 18.4 Å². The lowest BCUT2D eigenvalue weighted by atomic mass is 9.96. The van der Waals surface area contributed by atoms with Crippen LogP contribution in [0.25, 0.3) is 22.4 Å². The molecule has 7 nitrogen and oxygen atoms in total. The third kappa shape index (κ3) is 4.39. The Morgan fingerprint density at radius 1 is 1.18 bits per heavy atom. The molecule has 0 aliphatic carbocycles. The van der Waals surface area contributed by atoms with Gasteiger partial charge in [-0.25, -0.2) is 9.37 Å². The Labute approximate surface area is 194 Å². The molecule has 0 unspecified atom stereocenters. The van der Waals surface area contributed by atoms with Gasteiger partial charge in [0.05, 0.1) is 5.92 Å². The van der Waals surface area contributed by atoms with E-state index < -0.39 is 0 Å². The average Bonchev–Trinajstić information content (AvgIpc) is 3.28. The summed E-state index contributed by atoms with van der Waals surface area (Å²) >= 11 is 6.21. The van der Waals surface area contributed by atoms with E-state index in [1.54, 1.807) is 12.1 Å². The number of anilines is 1. The molecule has 1 aliphatic rings. The van der Waals surface area contributed by atoms with Gasteiger partial charge < -0.3 is 14.7 Å². The standard InChI is InChI=1S/C24H21ClFN5O2/c25-19-6-2-1-4-16(19)12-27-23(32)17-5-3-11-31(13-17)22-20-21(15-7-9-18(26)10-8-15)30-33-24(20)29-14-28-22/h1-2,4,6-10,14,17H,3,5,11-13H2,(H,27,32)/t17-/m1/s1. The van der Waals surface area contributed by atoms with Crippen LogP contribution in [0.4, 0.5) is 10.2 Å². The molecule has 1 atom stereocenters. The SMILES string of the molecule is O=C(NCc1ccccc1Cl)[C@@H]1CCCN(c2ncnc3onc(-c4ccc(F)cc4)c23)C1. The van der Waals surface area contributed by atoms with Gasteiger partial charge in [-0.1, -0.05) is 35.0 Å². The number of carbonyl (C=O) groups is 1. The first kappa shape index (κ1) is 21.3. The summed E-state index contributed by atoms with van der Waals surface area (Å²) in [7, 11) is 0. The second-order valence-electron chi connectivity index (χ2n) is 8.01. The summed E-state index contributed by atoms with van der Waals surface area (Å²) < 4.78 is 18.8. The molecule has 9 heteroatoms. The quantitative estimate of drug-likeness (QED) is 0.463. The molecular formula is C24H21ClFN5O2. The van der Waals surface area contributed by atoms with Crippen molar-refractivity contribution in [2.24, 2.45) is 5.92 Å². The van der Waals surface area contributed by atoms with Crippen molar-refractivity contribution in [3.8, 4) is 11.3 Å². The molecule has 1 N–H and O–H groups in total. The number of carbonyl (C=O) groups excluding carboxylic acids is 1. The van der Waals surface area contributed by atoms with Gasteiger partial charge in [0.15, 0.2) is 0 Å². The Balaban J connectivity index is 1.37. The summed E-state index contributed by atoms with van der Waals surface area (Å²) in [5, 5.41) is 8.45. The van der Waals surface area contributed by atoms with Crippen LogP contribution in [-0.4, -0.2) is 34.1 Å². The monoisotopic (exact) mass is 465 g/mol. The number of piperidine rings is 1. The number of nitrogens with one attached hydrogen (secondary N) is 1. The van der Waals surface area contributed by atoms with E-state index in [1.807, 2.05) is 24.3 Å². The summed E-state index contributed by atoms with van der Waals surface area (Å²) in [5.74, 6) is 0.114. The second kappa shape index (κ2) is 9.15. The molecule has 2 aromatic carbocycles. The third-order valence-electron chi connectivity index (χ3n) is 5.87. The van der Waals surface area contributed by atoms with Crippen molar-refractivity contribution in [2.45, 2.75) is 19.4 Å². The molecule has 3 heterocycles. The van der Waals surface area contributed by atoms with Crippen LogP contribution < -0.4 is 10.2 Å². The summed E-state index contributed by atoms with van der Waals surface area (Å²) in [6.45, 7) is 1.63. The number of hydrogen-bond donors (Lipinski definition) is 1. The van der Waals surface area contributed by atoms with Gasteiger partial charge in [-0.15, -0.1) is 0 Å². The smallest absolute Gasteiger partial charge is 0.263 e. The van der Waals surface area contributed by atoms with Crippen LogP contribution in [0.15, 0.2) is 59.4 Å². The Morgan fingerprint density at radius 3 is 2.82 bits per heavy atom. The van der Waals surface area contributed by atoms with Crippen molar-refractivity contribution in [1.29, 1.82) is 0 Å². The van der Waals surface area contributed by atoms with Gasteiger partial charge in [0.1, 0.15) is 29.0 Å². The maximum Gasteiger partial charge on any atom is 0.263 e. The molecular weight excluding hydrogens is 445 g/mol. The number of fused-ring (bicyclic) bond motifs is 1. The molecule has 1 saturated heterocycles. The average molecular weight is 466 g/mol. The van der Waals surface area contributed by atoms with Gasteiger partial charge in [0, 0.05) is 30.2 Å². The first-order valence-electron chi connectivity index (χ1n) is 10.7. The zero-order valence-corrected chi connectivity index (χ0v) is 18.4. The van der Waals surface area contributed by atoms with Crippen LogP contribution in [0.2, 0.25) is 5.02 Å². The van der Waals surface area contributed by atoms with Crippen molar-refractivity contribution in [1.82, 2.24) is 20.4 Å². The van der Waals surface area contributed by atoms with Crippen LogP contribution >= 0.6 is 11.6 Å². The molecule has 0 spiro atoms. The Morgan fingerprint density at radius 2 is 2.00 bits per heavy atom. The van der Waals surface area contributed by atoms with Crippen molar-refractivity contribution < 1.29 is 13.7 Å². The fourth-order valence-corrected chi connectivity index (χ4v) is 4.37. The van der Waals surface area contributed by atoms with Crippen molar-refractivity contribution >= 4 is 34.4 Å². The lowest BCUT2D eigenvalue weighted by Crippen LogP contribution is -2.43. The van der Waals surface area contributed by atoms with Crippen LogP contribution in [0.5, 0.6) is 0 Å². The van der Waals surface area contributed by atoms with Crippen LogP contribution in [0, 0.1) is 11.7 Å². The molecule has 2 aromatic heterocycles. The number of benzene rings is 2. The lowest BCUT2D eigenvalue weighted by molar-refractivity contribution is -0.125. The summed E-state index contributed by atoms with van der Waals surface area (Å²) in [4.78, 5) is 23.7. The first-order chi connectivity index (χ1) is 16.1. The highest BCUT2D eigenvalue weighted by molar-refractivity contribution is 6.31. The fraction of sp³-hybridized carbons (Fsp3) is 0.250. The number of nitrogens with zero attached hydrogens (tertiary/aromatic N) is 4. The number of halogens is 2. The van der Waals surface area contributed by atoms with Gasteiger partial charge in [0.2, 0.25) is 5.91 Å². The molecule has 0 bridgehead atoms. The van der Waals surface area contributed by atoms with Gasteiger partial charge in [-0.2, -0.15) is 4.98 Å². The second-order valence-corrected chi connectivity index (χ2v) is 8.42. The molecule has 1 amide bonds. The molecule has 4 aromatic rings. The Bertz CT molecular complexity index is 1290. The third-order valence-corrected chi connectivity index (χ3v) is 6.24. The molecule has 33 heavy (non-hydrogen) atoms. The van der Waals surface area contributed by atoms with E-state index in [1.165, 1.54) is 18.5 Å². The highest BCUT2D eigenvalue weighted by atomic mass is 35.5. The van der Waals surface area contributed by atoms with E-state index in [0.717, 1.165) is 24.9 Å². The van der Waals surface area contributed by atoms with E-state index in [4.69, 9.17) is 16.1 Å². The van der Waals surface area contributed by atoms with E-state index in [0.29, 0.717) is 46.3 Å². The van der Waals surface area contributed by atoms with E-state index in [-0.39, 0.29) is 17.6 Å². The van der Waals surface area contributed by atoms with Crippen LogP contribution in [0.3, 0.4) is 0 Å². The molecule has 0 radical (unpaired) electrons. The fourth-order valence-electron chi connectivity index (χ4n) is 4.17. The highest BCUT2D eigenvalue weighted by Crippen LogP contribution is 2.34.